The highest BCUT2D eigenvalue weighted by atomic mass is 16.5. The van der Waals surface area contributed by atoms with E-state index in [1.807, 2.05) is 12.1 Å². The number of benzene rings is 1. The Kier molecular flexibility index (Phi) is 3.20. The Labute approximate surface area is 98.3 Å². The van der Waals surface area contributed by atoms with Gasteiger partial charge in [0.25, 0.3) is 5.56 Å². The predicted molar refractivity (Wildman–Crippen MR) is 64.7 cm³/mol. The van der Waals surface area contributed by atoms with Crippen molar-refractivity contribution in [2.75, 3.05) is 7.11 Å². The standard InChI is InChI=1S/C12H13N3O2/c1-17-9-4-2-8(3-5-9)10-7-14-11(6-13)15-12(10)16/h2-5,7H,6,13H2,1H3,(H,14,15,16). The van der Waals surface area contributed by atoms with Crippen LogP contribution in [-0.4, -0.2) is 17.1 Å². The summed E-state index contributed by atoms with van der Waals surface area (Å²) in [6.07, 6.45) is 1.53. The molecule has 0 radical (unpaired) electrons. The number of methoxy groups -OCH3 is 1. The second-order valence-electron chi connectivity index (χ2n) is 3.51. The largest absolute Gasteiger partial charge is 0.497 e. The summed E-state index contributed by atoms with van der Waals surface area (Å²) in [5, 5.41) is 0. The Morgan fingerprint density at radius 1 is 1.35 bits per heavy atom. The Morgan fingerprint density at radius 3 is 2.59 bits per heavy atom. The van der Waals surface area contributed by atoms with Crippen molar-refractivity contribution < 1.29 is 4.74 Å². The number of nitrogens with zero attached hydrogens (tertiary/aromatic N) is 1. The molecule has 2 aromatic rings. The monoisotopic (exact) mass is 231 g/mol. The third kappa shape index (κ3) is 2.34. The van der Waals surface area contributed by atoms with Gasteiger partial charge in [-0.15, -0.1) is 0 Å². The molecule has 0 saturated heterocycles. The van der Waals surface area contributed by atoms with Crippen LogP contribution in [0.2, 0.25) is 0 Å². The van der Waals surface area contributed by atoms with Crippen molar-refractivity contribution in [1.82, 2.24) is 9.97 Å². The zero-order chi connectivity index (χ0) is 12.3. The molecule has 0 amide bonds. The molecule has 3 N–H and O–H groups in total. The average molecular weight is 231 g/mol. The van der Waals surface area contributed by atoms with Crippen LogP contribution in [-0.2, 0) is 6.54 Å². The Balaban J connectivity index is 2.42. The lowest BCUT2D eigenvalue weighted by atomic mass is 10.1. The fourth-order valence-electron chi connectivity index (χ4n) is 1.51. The van der Waals surface area contributed by atoms with Gasteiger partial charge < -0.3 is 15.5 Å². The Morgan fingerprint density at radius 2 is 2.06 bits per heavy atom. The Hall–Kier alpha value is -2.14. The summed E-state index contributed by atoms with van der Waals surface area (Å²) in [5.74, 6) is 1.23. The lowest BCUT2D eigenvalue weighted by Crippen LogP contribution is -2.15. The van der Waals surface area contributed by atoms with Crippen molar-refractivity contribution in [1.29, 1.82) is 0 Å². The van der Waals surface area contributed by atoms with Crippen LogP contribution in [0.5, 0.6) is 5.75 Å². The van der Waals surface area contributed by atoms with Gasteiger partial charge in [0.1, 0.15) is 11.6 Å². The molecule has 0 aliphatic carbocycles. The van der Waals surface area contributed by atoms with Crippen LogP contribution in [0.15, 0.2) is 35.3 Å². The van der Waals surface area contributed by atoms with Crippen molar-refractivity contribution in [3.63, 3.8) is 0 Å². The van der Waals surface area contributed by atoms with E-state index < -0.39 is 0 Å². The second kappa shape index (κ2) is 4.80. The highest BCUT2D eigenvalue weighted by Crippen LogP contribution is 2.18. The van der Waals surface area contributed by atoms with Crippen LogP contribution in [0.25, 0.3) is 11.1 Å². The van der Waals surface area contributed by atoms with Crippen LogP contribution in [0.3, 0.4) is 0 Å². The number of hydrogen-bond acceptors (Lipinski definition) is 4. The molecule has 1 aromatic carbocycles. The number of rotatable bonds is 3. The minimum atomic E-state index is -0.189. The maximum Gasteiger partial charge on any atom is 0.258 e. The first-order valence-electron chi connectivity index (χ1n) is 5.17. The fraction of sp³-hybridized carbons (Fsp3) is 0.167. The number of aromatic amines is 1. The third-order valence-electron chi connectivity index (χ3n) is 2.45. The number of ether oxygens (including phenoxy) is 1. The molecule has 5 heteroatoms. The topological polar surface area (TPSA) is 81.0 Å². The van der Waals surface area contributed by atoms with E-state index in [-0.39, 0.29) is 12.1 Å². The molecule has 5 nitrogen and oxygen atoms in total. The number of H-pyrrole nitrogens is 1. The zero-order valence-corrected chi connectivity index (χ0v) is 9.43. The maximum absolute atomic E-state index is 11.8. The van der Waals surface area contributed by atoms with Gasteiger partial charge in [-0.1, -0.05) is 12.1 Å². The predicted octanol–water partition coefficient (Wildman–Crippen LogP) is 0.904. The summed E-state index contributed by atoms with van der Waals surface area (Å²) in [5.41, 5.74) is 6.52. The van der Waals surface area contributed by atoms with Crippen molar-refractivity contribution in [2.24, 2.45) is 5.73 Å². The summed E-state index contributed by atoms with van der Waals surface area (Å²) in [6.45, 7) is 0.220. The molecule has 0 unspecified atom stereocenters. The first kappa shape index (κ1) is 11.3. The quantitative estimate of drug-likeness (QED) is 0.822. The van der Waals surface area contributed by atoms with Gasteiger partial charge in [0, 0.05) is 6.20 Å². The van der Waals surface area contributed by atoms with Crippen LogP contribution >= 0.6 is 0 Å². The normalized spacial score (nSPS) is 10.2. The molecule has 0 atom stereocenters. The molecule has 1 aromatic heterocycles. The van der Waals surface area contributed by atoms with Crippen molar-refractivity contribution >= 4 is 0 Å². The van der Waals surface area contributed by atoms with Crippen molar-refractivity contribution in [2.45, 2.75) is 6.54 Å². The van der Waals surface area contributed by atoms with Crippen LogP contribution in [0.1, 0.15) is 5.82 Å². The maximum atomic E-state index is 11.8. The average Bonchev–Trinajstić information content (AvgIpc) is 2.39. The highest BCUT2D eigenvalue weighted by Gasteiger charge is 2.04. The van der Waals surface area contributed by atoms with Gasteiger partial charge in [-0.25, -0.2) is 4.98 Å². The second-order valence-corrected chi connectivity index (χ2v) is 3.51. The first-order valence-corrected chi connectivity index (χ1v) is 5.17. The van der Waals surface area contributed by atoms with E-state index in [1.165, 1.54) is 6.20 Å². The number of nitrogens with one attached hydrogen (secondary N) is 1. The minimum Gasteiger partial charge on any atom is -0.497 e. The first-order chi connectivity index (χ1) is 8.24. The molecule has 0 fully saturated rings. The van der Waals surface area contributed by atoms with E-state index in [4.69, 9.17) is 10.5 Å². The Bertz CT molecular complexity index is 561. The van der Waals surface area contributed by atoms with Gasteiger partial charge in [0.05, 0.1) is 19.2 Å². The summed E-state index contributed by atoms with van der Waals surface area (Å²) in [4.78, 5) is 18.5. The number of aromatic nitrogens is 2. The summed E-state index contributed by atoms with van der Waals surface area (Å²) < 4.78 is 5.05. The van der Waals surface area contributed by atoms with Gasteiger partial charge in [0.15, 0.2) is 0 Å². The van der Waals surface area contributed by atoms with E-state index in [2.05, 4.69) is 9.97 Å². The summed E-state index contributed by atoms with van der Waals surface area (Å²) >= 11 is 0. The molecule has 2 rings (SSSR count). The van der Waals surface area contributed by atoms with Gasteiger partial charge in [0.2, 0.25) is 0 Å². The molecule has 0 aliphatic rings. The van der Waals surface area contributed by atoms with Crippen LogP contribution in [0.4, 0.5) is 0 Å². The van der Waals surface area contributed by atoms with Gasteiger partial charge >= 0.3 is 0 Å². The number of hydrogen-bond donors (Lipinski definition) is 2. The van der Waals surface area contributed by atoms with Gasteiger partial charge in [-0.2, -0.15) is 0 Å². The van der Waals surface area contributed by atoms with E-state index in [9.17, 15) is 4.79 Å². The molecule has 88 valence electrons. The van der Waals surface area contributed by atoms with Crippen LogP contribution < -0.4 is 16.0 Å². The molecule has 0 aliphatic heterocycles. The highest BCUT2D eigenvalue weighted by molar-refractivity contribution is 5.62. The third-order valence-corrected chi connectivity index (χ3v) is 2.45. The molecular formula is C12H13N3O2. The van der Waals surface area contributed by atoms with E-state index in [0.29, 0.717) is 11.4 Å². The lowest BCUT2D eigenvalue weighted by molar-refractivity contribution is 0.415. The van der Waals surface area contributed by atoms with Crippen LogP contribution in [0, 0.1) is 0 Å². The molecule has 0 bridgehead atoms. The van der Waals surface area contributed by atoms with Crippen molar-refractivity contribution in [3.8, 4) is 16.9 Å². The molecule has 1 heterocycles. The van der Waals surface area contributed by atoms with E-state index in [1.54, 1.807) is 19.2 Å². The van der Waals surface area contributed by atoms with Gasteiger partial charge in [-0.05, 0) is 17.7 Å². The molecule has 17 heavy (non-hydrogen) atoms. The minimum absolute atomic E-state index is 0.189. The van der Waals surface area contributed by atoms with Gasteiger partial charge in [-0.3, -0.25) is 4.79 Å². The lowest BCUT2D eigenvalue weighted by Gasteiger charge is -2.03. The van der Waals surface area contributed by atoms with E-state index >= 15 is 0 Å². The molecule has 0 spiro atoms. The molecular weight excluding hydrogens is 218 g/mol. The number of nitrogens with two attached hydrogens (primary N) is 1. The van der Waals surface area contributed by atoms with Crippen molar-refractivity contribution in [3.05, 3.63) is 46.6 Å². The fourth-order valence-corrected chi connectivity index (χ4v) is 1.51. The van der Waals surface area contributed by atoms with E-state index in [0.717, 1.165) is 11.3 Å². The SMILES string of the molecule is COc1ccc(-c2cnc(CN)[nH]c2=O)cc1. The zero-order valence-electron chi connectivity index (χ0n) is 9.43. The smallest absolute Gasteiger partial charge is 0.258 e. The summed E-state index contributed by atoms with van der Waals surface area (Å²) in [6, 6.07) is 7.22. The molecule has 0 saturated carbocycles. The summed E-state index contributed by atoms with van der Waals surface area (Å²) in [7, 11) is 1.60.